The topological polar surface area (TPSA) is 119 Å². The normalized spacial score (nSPS) is 25.5. The molecular formula is C31H32ClF2N7O4S. The number of halogens is 3. The lowest BCUT2D eigenvalue weighted by Crippen LogP contribution is -2.43. The monoisotopic (exact) mass is 671 g/mol. The van der Waals surface area contributed by atoms with E-state index in [1.807, 2.05) is 4.90 Å². The van der Waals surface area contributed by atoms with Crippen LogP contribution in [0.25, 0.3) is 33.1 Å². The molecule has 8 heterocycles. The van der Waals surface area contributed by atoms with Crippen molar-refractivity contribution >= 4 is 57.1 Å². The highest BCUT2D eigenvalue weighted by Gasteiger charge is 2.49. The maximum absolute atomic E-state index is 17.0. The number of thioether (sulfide) groups is 1. The van der Waals surface area contributed by atoms with E-state index < -0.39 is 29.8 Å². The molecule has 3 atom stereocenters. The van der Waals surface area contributed by atoms with Crippen LogP contribution >= 0.6 is 23.4 Å². The molecule has 46 heavy (non-hydrogen) atoms. The lowest BCUT2D eigenvalue weighted by Gasteiger charge is -2.31. The number of alkyl halides is 1. The molecule has 3 fully saturated rings. The highest BCUT2D eigenvalue weighted by atomic mass is 35.5. The van der Waals surface area contributed by atoms with Gasteiger partial charge in [0.1, 0.15) is 35.9 Å². The van der Waals surface area contributed by atoms with Gasteiger partial charge >= 0.3 is 12.2 Å². The van der Waals surface area contributed by atoms with Crippen LogP contribution in [0.15, 0.2) is 18.5 Å². The number of carbonyl (C=O) groups is 1. The highest BCUT2D eigenvalue weighted by Crippen LogP contribution is 2.42. The number of fused-ring (bicyclic) bond motifs is 8. The Morgan fingerprint density at radius 2 is 2.11 bits per heavy atom. The predicted octanol–water partition coefficient (Wildman–Crippen LogP) is 5.34. The Bertz CT molecular complexity index is 1830. The number of benzene rings is 1. The van der Waals surface area contributed by atoms with Crippen molar-refractivity contribution in [1.29, 1.82) is 0 Å². The number of H-pyrrole nitrogens is 1. The van der Waals surface area contributed by atoms with Crippen molar-refractivity contribution in [3.8, 4) is 17.3 Å². The summed E-state index contributed by atoms with van der Waals surface area (Å²) in [7, 11) is 0. The van der Waals surface area contributed by atoms with Crippen molar-refractivity contribution in [3.63, 3.8) is 0 Å². The number of pyridine rings is 1. The number of aromatic nitrogens is 5. The van der Waals surface area contributed by atoms with Crippen molar-refractivity contribution in [2.24, 2.45) is 0 Å². The van der Waals surface area contributed by atoms with Gasteiger partial charge in [0.2, 0.25) is 0 Å². The first-order chi connectivity index (χ1) is 22.4. The van der Waals surface area contributed by atoms with E-state index in [2.05, 4.69) is 25.1 Å². The van der Waals surface area contributed by atoms with Crippen LogP contribution in [0.2, 0.25) is 5.02 Å². The van der Waals surface area contributed by atoms with Crippen LogP contribution in [-0.4, -0.2) is 105 Å². The summed E-state index contributed by atoms with van der Waals surface area (Å²) in [5.74, 6) is 1.08. The zero-order chi connectivity index (χ0) is 31.4. The summed E-state index contributed by atoms with van der Waals surface area (Å²) in [5.41, 5.74) is 1.44. The van der Waals surface area contributed by atoms with Gasteiger partial charge in [-0.2, -0.15) is 26.8 Å². The summed E-state index contributed by atoms with van der Waals surface area (Å²) in [6.45, 7) is 2.37. The quantitative estimate of drug-likeness (QED) is 0.285. The van der Waals surface area contributed by atoms with Crippen LogP contribution in [0.1, 0.15) is 31.2 Å². The molecule has 3 saturated heterocycles. The summed E-state index contributed by atoms with van der Waals surface area (Å²) in [4.78, 5) is 30.9. The van der Waals surface area contributed by atoms with Gasteiger partial charge in [0.25, 0.3) is 0 Å². The molecule has 4 aromatic rings. The number of carbonyl (C=O) groups excluding carboxylic acids is 1. The molecule has 0 spiro atoms. The SMILES string of the molecule is O=C1OCCCc2c(Cl)cc3[nH]ncc3c2-c2ncc3c(nc(OCC45CCCN4C[C@H](F)C5)nc3c2F)N2CCSC[C@@H](C2)O1. The summed E-state index contributed by atoms with van der Waals surface area (Å²) in [6.07, 6.45) is 4.01. The first-order valence-corrected chi connectivity index (χ1v) is 17.1. The number of anilines is 1. The Kier molecular flexibility index (Phi) is 7.76. The third-order valence-electron chi connectivity index (χ3n) is 9.50. The molecule has 242 valence electrons. The predicted molar refractivity (Wildman–Crippen MR) is 170 cm³/mol. The lowest BCUT2D eigenvalue weighted by atomic mass is 9.95. The van der Waals surface area contributed by atoms with E-state index in [1.54, 1.807) is 30.2 Å². The standard InChI is InChI=1S/C31H32ClF2N7O4S/c32-22-9-23-20(12-36-39-23)24-19(22)3-1-7-43-30(42)45-18-14-40(6-8-46-15-18)28-21-11-35-27(24)25(34)26(21)37-29(38-28)44-16-31-4-2-5-41(31)13-17(33)10-31/h9,11-12,17-18H,1-8,10,13-16H2,(H,36,39)/t17-,18-,31?/m1/s1. The van der Waals surface area contributed by atoms with Crippen molar-refractivity contribution < 1.29 is 27.8 Å². The van der Waals surface area contributed by atoms with Gasteiger partial charge in [0.15, 0.2) is 5.82 Å². The first kappa shape index (κ1) is 29.9. The van der Waals surface area contributed by atoms with E-state index in [0.717, 1.165) is 25.1 Å². The number of aromatic amines is 1. The average molecular weight is 672 g/mol. The smallest absolute Gasteiger partial charge is 0.461 e. The molecule has 3 aromatic heterocycles. The highest BCUT2D eigenvalue weighted by molar-refractivity contribution is 7.99. The molecule has 5 aliphatic rings. The molecule has 1 aromatic carbocycles. The Morgan fingerprint density at radius 1 is 1.20 bits per heavy atom. The van der Waals surface area contributed by atoms with Crippen molar-refractivity contribution in [2.75, 3.05) is 55.8 Å². The van der Waals surface area contributed by atoms with E-state index >= 15 is 4.39 Å². The number of nitrogens with zero attached hydrogens (tertiary/aromatic N) is 6. The minimum absolute atomic E-state index is 0.00301. The molecule has 5 aliphatic heterocycles. The van der Waals surface area contributed by atoms with E-state index in [0.29, 0.717) is 82.9 Å². The molecular weight excluding hydrogens is 640 g/mol. The second kappa shape index (κ2) is 11.9. The number of nitrogens with one attached hydrogen (secondary N) is 1. The minimum atomic E-state index is -0.917. The van der Waals surface area contributed by atoms with Crippen LogP contribution in [0.5, 0.6) is 6.01 Å². The molecule has 0 aliphatic carbocycles. The molecule has 6 bridgehead atoms. The van der Waals surface area contributed by atoms with Crippen LogP contribution in [-0.2, 0) is 15.9 Å². The van der Waals surface area contributed by atoms with Gasteiger partial charge < -0.3 is 19.1 Å². The summed E-state index contributed by atoms with van der Waals surface area (Å²) >= 11 is 8.41. The molecule has 0 amide bonds. The van der Waals surface area contributed by atoms with Gasteiger partial charge in [-0.05, 0) is 43.9 Å². The largest absolute Gasteiger partial charge is 0.508 e. The van der Waals surface area contributed by atoms with Crippen LogP contribution in [0.4, 0.5) is 19.4 Å². The van der Waals surface area contributed by atoms with Crippen LogP contribution < -0.4 is 9.64 Å². The van der Waals surface area contributed by atoms with Crippen LogP contribution in [0, 0.1) is 5.82 Å². The number of rotatable bonds is 3. The molecule has 9 rings (SSSR count). The van der Waals surface area contributed by atoms with Crippen molar-refractivity contribution in [3.05, 3.63) is 34.9 Å². The van der Waals surface area contributed by atoms with Gasteiger partial charge in [0, 0.05) is 53.2 Å². The molecule has 1 unspecified atom stereocenters. The second-order valence-electron chi connectivity index (χ2n) is 12.4. The summed E-state index contributed by atoms with van der Waals surface area (Å²) < 4.78 is 48.9. The van der Waals surface area contributed by atoms with E-state index in [-0.39, 0.29) is 30.4 Å². The Labute approximate surface area is 272 Å². The molecule has 1 N–H and O–H groups in total. The van der Waals surface area contributed by atoms with E-state index in [1.165, 1.54) is 0 Å². The maximum Gasteiger partial charge on any atom is 0.508 e. The van der Waals surface area contributed by atoms with Gasteiger partial charge in [-0.15, -0.1) is 0 Å². The summed E-state index contributed by atoms with van der Waals surface area (Å²) in [6, 6.07) is 1.74. The van der Waals surface area contributed by atoms with Crippen molar-refractivity contribution in [2.45, 2.75) is 49.9 Å². The fourth-order valence-corrected chi connectivity index (χ4v) is 8.63. The van der Waals surface area contributed by atoms with Gasteiger partial charge in [-0.3, -0.25) is 15.0 Å². The second-order valence-corrected chi connectivity index (χ2v) is 13.9. The maximum atomic E-state index is 17.0. The number of ether oxygens (including phenoxy) is 3. The number of hydrogen-bond acceptors (Lipinski definition) is 11. The van der Waals surface area contributed by atoms with E-state index in [9.17, 15) is 9.18 Å². The Hall–Kier alpha value is -3.49. The molecule has 15 heteroatoms. The van der Waals surface area contributed by atoms with Gasteiger partial charge in [-0.1, -0.05) is 11.6 Å². The number of hydrogen-bond donors (Lipinski definition) is 1. The molecule has 11 nitrogen and oxygen atoms in total. The average Bonchev–Trinajstić information content (AvgIpc) is 3.68. The van der Waals surface area contributed by atoms with Gasteiger partial charge in [0.05, 0.1) is 35.8 Å². The Balaban J connectivity index is 1.30. The first-order valence-electron chi connectivity index (χ1n) is 15.6. The zero-order valence-corrected chi connectivity index (χ0v) is 26.5. The lowest BCUT2D eigenvalue weighted by molar-refractivity contribution is 0.0323. The molecule has 0 saturated carbocycles. The molecule has 0 radical (unpaired) electrons. The summed E-state index contributed by atoms with van der Waals surface area (Å²) in [5, 5.41) is 8.54. The Morgan fingerprint density at radius 3 is 3.02 bits per heavy atom. The third kappa shape index (κ3) is 5.27. The minimum Gasteiger partial charge on any atom is -0.461 e. The third-order valence-corrected chi connectivity index (χ3v) is 10.9. The fourth-order valence-electron chi connectivity index (χ4n) is 7.38. The van der Waals surface area contributed by atoms with Crippen LogP contribution in [0.3, 0.4) is 0 Å². The van der Waals surface area contributed by atoms with Gasteiger partial charge in [-0.25, -0.2) is 13.6 Å². The van der Waals surface area contributed by atoms with Crippen molar-refractivity contribution in [1.82, 2.24) is 30.0 Å². The van der Waals surface area contributed by atoms with E-state index in [4.69, 9.17) is 30.8 Å². The fraction of sp³-hybridized carbons (Fsp3) is 0.516. The zero-order valence-electron chi connectivity index (χ0n) is 24.9.